The summed E-state index contributed by atoms with van der Waals surface area (Å²) in [6.45, 7) is 6.85. The van der Waals surface area contributed by atoms with Crippen molar-refractivity contribution in [1.82, 2.24) is 14.9 Å². The molecule has 1 amide bonds. The molecule has 0 aromatic carbocycles. The Morgan fingerprint density at radius 2 is 1.91 bits per heavy atom. The second kappa shape index (κ2) is 5.04. The minimum atomic E-state index is -0.476. The largest absolute Gasteiger partial charge is 0.444 e. The summed E-state index contributed by atoms with van der Waals surface area (Å²) in [5.74, 6) is 0. The van der Waals surface area contributed by atoms with E-state index in [9.17, 15) is 4.79 Å². The summed E-state index contributed by atoms with van der Waals surface area (Å²) in [5, 5.41) is 8.45. The van der Waals surface area contributed by atoms with E-state index in [-0.39, 0.29) is 11.5 Å². The number of ether oxygens (including phenoxy) is 1. The molecular formula is C16H22N4O2. The average Bonchev–Trinajstić information content (AvgIpc) is 2.71. The van der Waals surface area contributed by atoms with Gasteiger partial charge in [-0.15, -0.1) is 0 Å². The summed E-state index contributed by atoms with van der Waals surface area (Å²) in [7, 11) is 0. The van der Waals surface area contributed by atoms with Gasteiger partial charge in [-0.2, -0.15) is 0 Å². The van der Waals surface area contributed by atoms with Gasteiger partial charge in [0, 0.05) is 37.3 Å². The van der Waals surface area contributed by atoms with E-state index in [2.05, 4.69) is 9.97 Å². The molecule has 2 aliphatic rings. The monoisotopic (exact) mass is 302 g/mol. The van der Waals surface area contributed by atoms with E-state index in [0.717, 1.165) is 30.7 Å². The molecule has 1 aliphatic heterocycles. The highest BCUT2D eigenvalue weighted by atomic mass is 16.6. The summed E-state index contributed by atoms with van der Waals surface area (Å²) >= 11 is 0. The molecule has 0 atom stereocenters. The van der Waals surface area contributed by atoms with Crippen molar-refractivity contribution in [3.63, 3.8) is 0 Å². The van der Waals surface area contributed by atoms with Crippen LogP contribution in [0.3, 0.4) is 0 Å². The molecule has 1 saturated heterocycles. The molecule has 1 N–H and O–H groups in total. The third-order valence-corrected chi connectivity index (χ3v) is 4.42. The van der Waals surface area contributed by atoms with Gasteiger partial charge < -0.3 is 15.0 Å². The van der Waals surface area contributed by atoms with Crippen LogP contribution in [-0.4, -0.2) is 45.4 Å². The van der Waals surface area contributed by atoms with Crippen molar-refractivity contribution >= 4 is 11.8 Å². The van der Waals surface area contributed by atoms with Crippen molar-refractivity contribution in [2.24, 2.45) is 5.41 Å². The van der Waals surface area contributed by atoms with E-state index < -0.39 is 5.60 Å². The molecule has 0 bridgehead atoms. The summed E-state index contributed by atoms with van der Waals surface area (Å²) in [4.78, 5) is 22.5. The summed E-state index contributed by atoms with van der Waals surface area (Å²) in [6, 6.07) is 0. The normalized spacial score (nSPS) is 20.1. The summed E-state index contributed by atoms with van der Waals surface area (Å²) in [5.41, 5.74) is 1.55. The van der Waals surface area contributed by atoms with Crippen molar-refractivity contribution in [1.29, 1.82) is 5.41 Å². The zero-order valence-corrected chi connectivity index (χ0v) is 13.3. The van der Waals surface area contributed by atoms with Gasteiger partial charge in [0.15, 0.2) is 0 Å². The third-order valence-electron chi connectivity index (χ3n) is 4.42. The van der Waals surface area contributed by atoms with Crippen molar-refractivity contribution < 1.29 is 9.53 Å². The minimum absolute atomic E-state index is 0.206. The minimum Gasteiger partial charge on any atom is -0.444 e. The smallest absolute Gasteiger partial charge is 0.410 e. The van der Waals surface area contributed by atoms with E-state index in [1.807, 2.05) is 20.8 Å². The number of amides is 1. The topological polar surface area (TPSA) is 79.2 Å². The van der Waals surface area contributed by atoms with Crippen LogP contribution in [0.5, 0.6) is 0 Å². The Kier molecular flexibility index (Phi) is 3.42. The van der Waals surface area contributed by atoms with Gasteiger partial charge in [0.05, 0.1) is 11.4 Å². The standard InChI is InChI=1S/C16H22N4O2/c1-15(2,3)22-14(21)20-8-4-16(5-9-20)10-11-12(13(16)17)19-7-6-18-11/h6-7,17H,4-5,8-10H2,1-3H3. The van der Waals surface area contributed by atoms with Gasteiger partial charge in [0.2, 0.25) is 0 Å². The lowest BCUT2D eigenvalue weighted by atomic mass is 9.75. The molecule has 1 fully saturated rings. The van der Waals surface area contributed by atoms with E-state index in [0.29, 0.717) is 18.8 Å². The first-order chi connectivity index (χ1) is 10.3. The number of carbonyl (C=O) groups excluding carboxylic acids is 1. The van der Waals surface area contributed by atoms with Crippen LogP contribution in [0.1, 0.15) is 45.0 Å². The fourth-order valence-electron chi connectivity index (χ4n) is 3.24. The first kappa shape index (κ1) is 14.9. The SMILES string of the molecule is CC(C)(C)OC(=O)N1CCC2(CC1)Cc1nccnc1C2=N. The molecule has 0 saturated carbocycles. The average molecular weight is 302 g/mol. The van der Waals surface area contributed by atoms with Gasteiger partial charge in [0.1, 0.15) is 11.3 Å². The number of nitrogens with one attached hydrogen (secondary N) is 1. The second-order valence-corrected chi connectivity index (χ2v) is 7.15. The molecule has 0 unspecified atom stereocenters. The lowest BCUT2D eigenvalue weighted by Crippen LogP contribution is -2.47. The maximum atomic E-state index is 12.1. The highest BCUT2D eigenvalue weighted by molar-refractivity contribution is 6.04. The Morgan fingerprint density at radius 3 is 2.50 bits per heavy atom. The molecule has 118 valence electrons. The zero-order valence-electron chi connectivity index (χ0n) is 13.3. The van der Waals surface area contributed by atoms with Gasteiger partial charge in [-0.25, -0.2) is 4.79 Å². The van der Waals surface area contributed by atoms with Gasteiger partial charge >= 0.3 is 6.09 Å². The summed E-state index contributed by atoms with van der Waals surface area (Å²) in [6.07, 6.45) is 5.35. The van der Waals surface area contributed by atoms with Crippen LogP contribution >= 0.6 is 0 Å². The lowest BCUT2D eigenvalue weighted by molar-refractivity contribution is 0.0158. The van der Waals surface area contributed by atoms with Crippen molar-refractivity contribution in [3.8, 4) is 0 Å². The maximum absolute atomic E-state index is 12.1. The number of likely N-dealkylation sites (tertiary alicyclic amines) is 1. The van der Waals surface area contributed by atoms with Crippen LogP contribution < -0.4 is 0 Å². The Bertz CT molecular complexity index is 613. The van der Waals surface area contributed by atoms with Gasteiger partial charge in [-0.05, 0) is 33.6 Å². The Hall–Kier alpha value is -1.98. The highest BCUT2D eigenvalue weighted by Gasteiger charge is 2.46. The van der Waals surface area contributed by atoms with Gasteiger partial charge in [-0.3, -0.25) is 9.97 Å². The zero-order chi connectivity index (χ0) is 16.0. The number of hydrogen-bond acceptors (Lipinski definition) is 5. The fourth-order valence-corrected chi connectivity index (χ4v) is 3.24. The number of aromatic nitrogens is 2. The predicted octanol–water partition coefficient (Wildman–Crippen LogP) is 2.42. The lowest BCUT2D eigenvalue weighted by Gasteiger charge is -2.39. The molecule has 2 heterocycles. The molecule has 1 aliphatic carbocycles. The molecular weight excluding hydrogens is 280 g/mol. The molecule has 22 heavy (non-hydrogen) atoms. The first-order valence-electron chi connectivity index (χ1n) is 7.68. The van der Waals surface area contributed by atoms with E-state index in [1.54, 1.807) is 17.3 Å². The fraction of sp³-hybridized carbons (Fsp3) is 0.625. The molecule has 1 spiro atoms. The molecule has 0 radical (unpaired) electrons. The molecule has 1 aromatic rings. The number of piperidine rings is 1. The van der Waals surface area contributed by atoms with Crippen LogP contribution in [-0.2, 0) is 11.2 Å². The Balaban J connectivity index is 1.68. The molecule has 1 aromatic heterocycles. The van der Waals surface area contributed by atoms with Crippen LogP contribution in [0.4, 0.5) is 4.79 Å². The quantitative estimate of drug-likeness (QED) is 0.798. The van der Waals surface area contributed by atoms with Crippen LogP contribution in [0.15, 0.2) is 12.4 Å². The van der Waals surface area contributed by atoms with Crippen LogP contribution in [0.2, 0.25) is 0 Å². The second-order valence-electron chi connectivity index (χ2n) is 7.15. The Morgan fingerprint density at radius 1 is 1.27 bits per heavy atom. The van der Waals surface area contributed by atoms with Crippen molar-refractivity contribution in [2.45, 2.75) is 45.6 Å². The number of rotatable bonds is 0. The van der Waals surface area contributed by atoms with Crippen LogP contribution in [0.25, 0.3) is 0 Å². The number of fused-ring (bicyclic) bond motifs is 1. The van der Waals surface area contributed by atoms with E-state index in [4.69, 9.17) is 10.1 Å². The predicted molar refractivity (Wildman–Crippen MR) is 82.0 cm³/mol. The van der Waals surface area contributed by atoms with Gasteiger partial charge in [0.25, 0.3) is 0 Å². The Labute approximate surface area is 130 Å². The van der Waals surface area contributed by atoms with Crippen molar-refractivity contribution in [3.05, 3.63) is 23.8 Å². The molecule has 3 rings (SSSR count). The van der Waals surface area contributed by atoms with Crippen molar-refractivity contribution in [2.75, 3.05) is 13.1 Å². The van der Waals surface area contributed by atoms with Gasteiger partial charge in [-0.1, -0.05) is 0 Å². The molecule has 6 nitrogen and oxygen atoms in total. The van der Waals surface area contributed by atoms with E-state index >= 15 is 0 Å². The first-order valence-corrected chi connectivity index (χ1v) is 7.68. The van der Waals surface area contributed by atoms with E-state index in [1.165, 1.54) is 0 Å². The van der Waals surface area contributed by atoms with Crippen LogP contribution in [0, 0.1) is 10.8 Å². The maximum Gasteiger partial charge on any atom is 0.410 e. The number of carbonyl (C=O) groups is 1. The third kappa shape index (κ3) is 2.58. The highest BCUT2D eigenvalue weighted by Crippen LogP contribution is 2.43. The molecule has 6 heteroatoms. The number of nitrogens with zero attached hydrogens (tertiary/aromatic N) is 3. The number of hydrogen-bond donors (Lipinski definition) is 1. The summed E-state index contributed by atoms with van der Waals surface area (Å²) < 4.78 is 5.43.